The van der Waals surface area contributed by atoms with E-state index in [0.717, 1.165) is 0 Å². The van der Waals surface area contributed by atoms with Crippen LogP contribution >= 0.6 is 0 Å². The van der Waals surface area contributed by atoms with Gasteiger partial charge in [-0.2, -0.15) is 26.3 Å². The average molecular weight is 317 g/mol. The van der Waals surface area contributed by atoms with E-state index in [-0.39, 0.29) is 18.5 Å². The molecule has 1 aliphatic rings. The Kier molecular flexibility index (Phi) is 3.85. The highest BCUT2D eigenvalue weighted by atomic mass is 32.2. The van der Waals surface area contributed by atoms with Crippen LogP contribution in [-0.2, 0) is 29.9 Å². The topological polar surface area (TPSA) is 29.1 Å². The molecule has 0 fully saturated rings. The van der Waals surface area contributed by atoms with E-state index in [2.05, 4.69) is 5.32 Å². The lowest BCUT2D eigenvalue weighted by atomic mass is 9.95. The van der Waals surface area contributed by atoms with E-state index in [1.54, 1.807) is 0 Å². The van der Waals surface area contributed by atoms with Crippen molar-refractivity contribution >= 4 is 10.8 Å². The molecular weight excluding hydrogens is 308 g/mol. The quantitative estimate of drug-likeness (QED) is 0.807. The summed E-state index contributed by atoms with van der Waals surface area (Å²) in [5.41, 5.74) is -6.58. The van der Waals surface area contributed by atoms with Crippen molar-refractivity contribution in [3.05, 3.63) is 28.8 Å². The summed E-state index contributed by atoms with van der Waals surface area (Å²) in [5.74, 6) is 0. The maximum atomic E-state index is 13.1. The second-order valence-corrected chi connectivity index (χ2v) is 5.66. The molecule has 0 spiro atoms. The number of rotatable bonds is 1. The van der Waals surface area contributed by atoms with Crippen LogP contribution in [0.1, 0.15) is 16.7 Å². The van der Waals surface area contributed by atoms with Gasteiger partial charge in [-0.25, -0.2) is 4.21 Å². The van der Waals surface area contributed by atoms with Crippen molar-refractivity contribution in [1.82, 2.24) is 5.32 Å². The molecule has 1 unspecified atom stereocenters. The lowest BCUT2D eigenvalue weighted by molar-refractivity contribution is -0.140. The molecule has 0 saturated heterocycles. The molecule has 2 nitrogen and oxygen atoms in total. The SMILES string of the molecule is O=S(c1ccc2c(c1C(F)(F)F)CNCC2)C(F)(F)F. The van der Waals surface area contributed by atoms with Crippen molar-refractivity contribution in [1.29, 1.82) is 0 Å². The third kappa shape index (κ3) is 2.83. The van der Waals surface area contributed by atoms with E-state index < -0.39 is 32.9 Å². The van der Waals surface area contributed by atoms with E-state index in [1.807, 2.05) is 0 Å². The molecule has 1 atom stereocenters. The minimum atomic E-state index is -5.23. The molecule has 1 aromatic carbocycles. The average Bonchev–Trinajstić information content (AvgIpc) is 2.34. The maximum absolute atomic E-state index is 13.1. The zero-order valence-corrected chi connectivity index (χ0v) is 10.7. The van der Waals surface area contributed by atoms with Gasteiger partial charge in [0.15, 0.2) is 10.8 Å². The Hall–Kier alpha value is -1.09. The van der Waals surface area contributed by atoms with Crippen LogP contribution in [0.15, 0.2) is 17.0 Å². The molecule has 1 heterocycles. The second kappa shape index (κ2) is 5.03. The first-order valence-corrected chi connectivity index (χ1v) is 6.68. The molecule has 0 bridgehead atoms. The van der Waals surface area contributed by atoms with Crippen molar-refractivity contribution in [3.8, 4) is 0 Å². The van der Waals surface area contributed by atoms with E-state index in [4.69, 9.17) is 0 Å². The van der Waals surface area contributed by atoms with Crippen LogP contribution in [0.5, 0.6) is 0 Å². The first kappa shape index (κ1) is 15.3. The van der Waals surface area contributed by atoms with E-state index in [9.17, 15) is 30.6 Å². The number of nitrogens with one attached hydrogen (secondary N) is 1. The highest BCUT2D eigenvalue weighted by molar-refractivity contribution is 7.86. The molecule has 1 aromatic rings. The van der Waals surface area contributed by atoms with Crippen molar-refractivity contribution in [2.45, 2.75) is 29.5 Å². The first-order chi connectivity index (χ1) is 9.12. The molecular formula is C11H9F6NOS. The number of halogens is 6. The third-order valence-corrected chi connectivity index (χ3v) is 4.10. The third-order valence-electron chi connectivity index (χ3n) is 2.94. The summed E-state index contributed by atoms with van der Waals surface area (Å²) in [4.78, 5) is -1.23. The standard InChI is InChI=1S/C11H9F6NOS/c12-10(13,14)9-7-5-18-4-3-6(7)1-2-8(9)20(19)11(15,16)17/h1-2,18H,3-5H2. The Balaban J connectivity index is 2.67. The Morgan fingerprint density at radius 2 is 1.75 bits per heavy atom. The minimum absolute atomic E-state index is 0.187. The monoisotopic (exact) mass is 317 g/mol. The molecule has 2 rings (SSSR count). The van der Waals surface area contributed by atoms with Crippen LogP contribution in [0.3, 0.4) is 0 Å². The smallest absolute Gasteiger partial charge is 0.312 e. The molecule has 9 heteroatoms. The molecule has 0 saturated carbocycles. The fraction of sp³-hybridized carbons (Fsp3) is 0.455. The number of hydrogen-bond acceptors (Lipinski definition) is 2. The van der Waals surface area contributed by atoms with Crippen molar-refractivity contribution in [2.75, 3.05) is 6.54 Å². The van der Waals surface area contributed by atoms with Gasteiger partial charge >= 0.3 is 11.7 Å². The van der Waals surface area contributed by atoms with Crippen molar-refractivity contribution < 1.29 is 30.6 Å². The van der Waals surface area contributed by atoms with Crippen LogP contribution < -0.4 is 5.32 Å². The Morgan fingerprint density at radius 3 is 2.30 bits per heavy atom. The number of benzene rings is 1. The van der Waals surface area contributed by atoms with Crippen LogP contribution in [0.2, 0.25) is 0 Å². The summed E-state index contributed by atoms with van der Waals surface area (Å²) in [6, 6.07) is 1.85. The predicted octanol–water partition coefficient (Wildman–Crippen LogP) is 2.98. The van der Waals surface area contributed by atoms with E-state index in [1.165, 1.54) is 6.07 Å². The van der Waals surface area contributed by atoms with Gasteiger partial charge < -0.3 is 5.32 Å². The minimum Gasteiger partial charge on any atom is -0.312 e. The summed E-state index contributed by atoms with van der Waals surface area (Å²) in [6.07, 6.45) is -4.70. The van der Waals surface area contributed by atoms with Gasteiger partial charge in [0.25, 0.3) is 0 Å². The second-order valence-electron chi connectivity index (χ2n) is 4.22. The Labute approximate surface area is 112 Å². The zero-order valence-electron chi connectivity index (χ0n) is 9.86. The Bertz CT molecular complexity index is 551. The lowest BCUT2D eigenvalue weighted by Gasteiger charge is -2.24. The first-order valence-electron chi connectivity index (χ1n) is 5.53. The molecule has 1 aliphatic heterocycles. The maximum Gasteiger partial charge on any atom is 0.475 e. The van der Waals surface area contributed by atoms with Gasteiger partial charge in [-0.1, -0.05) is 6.07 Å². The highest BCUT2D eigenvalue weighted by Gasteiger charge is 2.45. The number of alkyl halides is 6. The van der Waals surface area contributed by atoms with Crippen LogP contribution in [0.25, 0.3) is 0 Å². The predicted molar refractivity (Wildman–Crippen MR) is 59.3 cm³/mol. The molecule has 0 radical (unpaired) electrons. The highest BCUT2D eigenvalue weighted by Crippen LogP contribution is 2.41. The van der Waals surface area contributed by atoms with Gasteiger partial charge in [0, 0.05) is 6.54 Å². The summed E-state index contributed by atoms with van der Waals surface area (Å²) in [5, 5.41) is 2.68. The Morgan fingerprint density at radius 1 is 1.10 bits per heavy atom. The van der Waals surface area contributed by atoms with Crippen molar-refractivity contribution in [3.63, 3.8) is 0 Å². The number of fused-ring (bicyclic) bond motifs is 1. The van der Waals surface area contributed by atoms with Gasteiger partial charge in [-0.15, -0.1) is 0 Å². The van der Waals surface area contributed by atoms with E-state index in [0.29, 0.717) is 18.2 Å². The molecule has 0 aromatic heterocycles. The zero-order chi connectivity index (χ0) is 15.1. The van der Waals surface area contributed by atoms with Crippen LogP contribution in [0.4, 0.5) is 26.3 Å². The normalized spacial score (nSPS) is 17.7. The summed E-state index contributed by atoms with van der Waals surface area (Å²) in [6.45, 7) is 0.263. The molecule has 0 aliphatic carbocycles. The van der Waals surface area contributed by atoms with Gasteiger partial charge in [0.2, 0.25) is 0 Å². The van der Waals surface area contributed by atoms with Gasteiger partial charge in [0.1, 0.15) is 0 Å². The number of hydrogen-bond donors (Lipinski definition) is 1. The fourth-order valence-electron chi connectivity index (χ4n) is 2.13. The summed E-state index contributed by atoms with van der Waals surface area (Å²) < 4.78 is 87.8. The van der Waals surface area contributed by atoms with Gasteiger partial charge in [-0.05, 0) is 30.2 Å². The summed E-state index contributed by atoms with van der Waals surface area (Å²) >= 11 is 0. The largest absolute Gasteiger partial charge is 0.475 e. The fourth-order valence-corrected chi connectivity index (χ4v) is 3.00. The van der Waals surface area contributed by atoms with E-state index >= 15 is 0 Å². The van der Waals surface area contributed by atoms with Crippen LogP contribution in [0, 0.1) is 0 Å². The molecule has 0 amide bonds. The molecule has 112 valence electrons. The van der Waals surface area contributed by atoms with Gasteiger partial charge in [0.05, 0.1) is 10.5 Å². The van der Waals surface area contributed by atoms with Crippen molar-refractivity contribution in [2.24, 2.45) is 0 Å². The molecule has 20 heavy (non-hydrogen) atoms. The van der Waals surface area contributed by atoms with Gasteiger partial charge in [-0.3, -0.25) is 0 Å². The summed E-state index contributed by atoms with van der Waals surface area (Å²) in [7, 11) is -3.70. The molecule has 1 N–H and O–H groups in total. The van der Waals surface area contributed by atoms with Crippen LogP contribution in [-0.4, -0.2) is 16.3 Å². The lowest BCUT2D eigenvalue weighted by Crippen LogP contribution is -2.29.